The maximum absolute atomic E-state index is 12.9. The van der Waals surface area contributed by atoms with E-state index in [0.717, 1.165) is 28.1 Å². The molecule has 2 N–H and O–H groups in total. The molecule has 4 aromatic rings. The normalized spacial score (nSPS) is 11.8. The molecule has 0 saturated heterocycles. The molecule has 0 aliphatic carbocycles. The second-order valence-corrected chi connectivity index (χ2v) is 7.89. The van der Waals surface area contributed by atoms with Gasteiger partial charge < -0.3 is 19.9 Å². The molecule has 0 bridgehead atoms. The maximum Gasteiger partial charge on any atom is 0.222 e. The van der Waals surface area contributed by atoms with Gasteiger partial charge in [-0.05, 0) is 35.9 Å². The van der Waals surface area contributed by atoms with Crippen LogP contribution in [0.2, 0.25) is 5.02 Å². The lowest BCUT2D eigenvalue weighted by Crippen LogP contribution is -2.32. The van der Waals surface area contributed by atoms with E-state index in [1.54, 1.807) is 25.3 Å². The molecule has 164 valence electrons. The van der Waals surface area contributed by atoms with Crippen molar-refractivity contribution in [2.75, 3.05) is 19.0 Å². The van der Waals surface area contributed by atoms with Crippen molar-refractivity contribution in [1.82, 2.24) is 14.9 Å². The largest absolute Gasteiger partial charge is 0.495 e. The van der Waals surface area contributed by atoms with Crippen LogP contribution in [0.25, 0.3) is 11.0 Å². The van der Waals surface area contributed by atoms with E-state index >= 15 is 0 Å². The van der Waals surface area contributed by atoms with Gasteiger partial charge >= 0.3 is 0 Å². The molecule has 1 amide bonds. The number of ether oxygens (including phenoxy) is 1. The van der Waals surface area contributed by atoms with Crippen LogP contribution in [0.1, 0.15) is 23.9 Å². The van der Waals surface area contributed by atoms with Crippen LogP contribution in [0.4, 0.5) is 5.69 Å². The second-order valence-electron chi connectivity index (χ2n) is 7.45. The number of hydrogen-bond donors (Lipinski definition) is 2. The summed E-state index contributed by atoms with van der Waals surface area (Å²) >= 11 is 6.08. The van der Waals surface area contributed by atoms with Gasteiger partial charge in [-0.1, -0.05) is 54.1 Å². The van der Waals surface area contributed by atoms with Crippen LogP contribution in [0.3, 0.4) is 0 Å². The number of hydrogen-bond acceptors (Lipinski definition) is 4. The minimum Gasteiger partial charge on any atom is -0.495 e. The van der Waals surface area contributed by atoms with Gasteiger partial charge in [0.15, 0.2) is 0 Å². The third-order valence-electron chi connectivity index (χ3n) is 5.35. The van der Waals surface area contributed by atoms with Crippen LogP contribution in [-0.4, -0.2) is 29.1 Å². The van der Waals surface area contributed by atoms with E-state index in [1.807, 2.05) is 66.2 Å². The van der Waals surface area contributed by atoms with Gasteiger partial charge in [-0.3, -0.25) is 4.79 Å². The molecule has 0 aliphatic rings. The van der Waals surface area contributed by atoms with Crippen molar-refractivity contribution in [3.8, 4) is 5.75 Å². The second kappa shape index (κ2) is 9.75. The number of carbonyl (C=O) groups is 1. The fraction of sp³-hybridized carbons (Fsp3) is 0.200. The van der Waals surface area contributed by atoms with Crippen LogP contribution < -0.4 is 15.4 Å². The smallest absolute Gasteiger partial charge is 0.222 e. The highest BCUT2D eigenvalue weighted by molar-refractivity contribution is 6.30. The minimum absolute atomic E-state index is 0.0839. The molecule has 6 nitrogen and oxygen atoms in total. The van der Waals surface area contributed by atoms with E-state index in [1.165, 1.54) is 0 Å². The first-order valence-corrected chi connectivity index (χ1v) is 10.8. The number of aryl methyl sites for hydroxylation is 1. The number of carbonyl (C=O) groups excluding carboxylic acids is 1. The highest BCUT2D eigenvalue weighted by Gasteiger charge is 2.22. The van der Waals surface area contributed by atoms with Crippen LogP contribution >= 0.6 is 11.6 Å². The van der Waals surface area contributed by atoms with Crippen LogP contribution in [0, 0.1) is 0 Å². The number of rotatable bonds is 8. The number of para-hydroxylation sites is 2. The molecule has 1 atom stereocenters. The number of amides is 1. The Balaban J connectivity index is 1.51. The highest BCUT2D eigenvalue weighted by Crippen LogP contribution is 2.28. The van der Waals surface area contributed by atoms with Crippen molar-refractivity contribution < 1.29 is 9.53 Å². The molecule has 0 saturated carbocycles. The molecular formula is C25H25ClN4O2. The summed E-state index contributed by atoms with van der Waals surface area (Å²) in [6.45, 7) is 0.437. The van der Waals surface area contributed by atoms with Gasteiger partial charge in [0.25, 0.3) is 0 Å². The number of benzene rings is 3. The Morgan fingerprint density at radius 1 is 1.09 bits per heavy atom. The van der Waals surface area contributed by atoms with E-state index in [4.69, 9.17) is 21.3 Å². The molecule has 32 heavy (non-hydrogen) atoms. The number of anilines is 1. The Hall–Kier alpha value is -3.51. The number of fused-ring (bicyclic) bond motifs is 1. The van der Waals surface area contributed by atoms with Crippen molar-refractivity contribution in [1.29, 1.82) is 0 Å². The van der Waals surface area contributed by atoms with Crippen molar-refractivity contribution in [2.24, 2.45) is 7.05 Å². The quantitative estimate of drug-likeness (QED) is 0.400. The predicted molar refractivity (Wildman–Crippen MR) is 128 cm³/mol. The highest BCUT2D eigenvalue weighted by atomic mass is 35.5. The predicted octanol–water partition coefficient (Wildman–Crippen LogP) is 4.94. The van der Waals surface area contributed by atoms with Crippen LogP contribution in [0.5, 0.6) is 5.75 Å². The first kappa shape index (κ1) is 21.7. The third-order valence-corrected chi connectivity index (χ3v) is 5.58. The zero-order chi connectivity index (χ0) is 22.5. The average Bonchev–Trinajstić information content (AvgIpc) is 3.14. The molecule has 4 rings (SSSR count). The summed E-state index contributed by atoms with van der Waals surface area (Å²) < 4.78 is 7.38. The molecule has 0 fully saturated rings. The molecule has 0 radical (unpaired) electrons. The number of methoxy groups -OCH3 is 1. The summed E-state index contributed by atoms with van der Waals surface area (Å²) in [6, 6.07) is 22.8. The Bertz CT molecular complexity index is 1220. The Morgan fingerprint density at radius 2 is 1.84 bits per heavy atom. The van der Waals surface area contributed by atoms with Gasteiger partial charge in [0.2, 0.25) is 5.91 Å². The zero-order valence-electron chi connectivity index (χ0n) is 18.0. The minimum atomic E-state index is -0.359. The monoisotopic (exact) mass is 448 g/mol. The van der Waals surface area contributed by atoms with Gasteiger partial charge in [-0.2, -0.15) is 0 Å². The van der Waals surface area contributed by atoms with Crippen molar-refractivity contribution in [3.63, 3.8) is 0 Å². The lowest BCUT2D eigenvalue weighted by atomic mass is 10.1. The Morgan fingerprint density at radius 3 is 2.59 bits per heavy atom. The van der Waals surface area contributed by atoms with Gasteiger partial charge in [0.05, 0.1) is 23.8 Å². The molecule has 1 heterocycles. The number of halogens is 1. The number of imidazole rings is 1. The topological polar surface area (TPSA) is 68.2 Å². The molecule has 1 aromatic heterocycles. The molecule has 7 heteroatoms. The van der Waals surface area contributed by atoms with Gasteiger partial charge in [-0.25, -0.2) is 4.98 Å². The average molecular weight is 449 g/mol. The Kier molecular flexibility index (Phi) is 6.61. The summed E-state index contributed by atoms with van der Waals surface area (Å²) in [6.07, 6.45) is 0.281. The van der Waals surface area contributed by atoms with Crippen molar-refractivity contribution >= 4 is 34.2 Å². The van der Waals surface area contributed by atoms with Crippen molar-refractivity contribution in [3.05, 3.63) is 89.2 Å². The van der Waals surface area contributed by atoms with Gasteiger partial charge in [0, 0.05) is 25.0 Å². The fourth-order valence-electron chi connectivity index (χ4n) is 3.73. The lowest BCUT2D eigenvalue weighted by molar-refractivity contribution is -0.121. The maximum atomic E-state index is 12.9. The van der Waals surface area contributed by atoms with Gasteiger partial charge in [-0.15, -0.1) is 0 Å². The Labute approximate surface area is 192 Å². The van der Waals surface area contributed by atoms with E-state index in [-0.39, 0.29) is 18.4 Å². The standard InChI is InChI=1S/C25H25ClN4O2/c1-30-21-11-7-6-10-19(21)28-25(30)24(17-8-4-3-5-9-17)29-23(31)14-15-27-20-16-18(26)12-13-22(20)32-2/h3-13,16,24,27H,14-15H2,1-2H3,(H,29,31). The number of nitrogens with one attached hydrogen (secondary N) is 2. The molecule has 1 unspecified atom stereocenters. The van der Waals surface area contributed by atoms with E-state index in [0.29, 0.717) is 17.3 Å². The van der Waals surface area contributed by atoms with E-state index in [9.17, 15) is 4.79 Å². The number of nitrogens with zero attached hydrogens (tertiary/aromatic N) is 2. The summed E-state index contributed by atoms with van der Waals surface area (Å²) in [4.78, 5) is 17.7. The summed E-state index contributed by atoms with van der Waals surface area (Å²) in [5.41, 5.74) is 3.65. The molecule has 0 aliphatic heterocycles. The first-order chi connectivity index (χ1) is 15.6. The van der Waals surface area contributed by atoms with Crippen LogP contribution in [0.15, 0.2) is 72.8 Å². The molecular weight excluding hydrogens is 424 g/mol. The summed E-state index contributed by atoms with van der Waals surface area (Å²) in [5.74, 6) is 1.38. The zero-order valence-corrected chi connectivity index (χ0v) is 18.8. The lowest BCUT2D eigenvalue weighted by Gasteiger charge is -2.19. The summed E-state index contributed by atoms with van der Waals surface area (Å²) in [5, 5.41) is 6.99. The van der Waals surface area contributed by atoms with Crippen molar-refractivity contribution in [2.45, 2.75) is 12.5 Å². The SMILES string of the molecule is COc1ccc(Cl)cc1NCCC(=O)NC(c1ccccc1)c1nc2ccccc2n1C. The number of aromatic nitrogens is 2. The fourth-order valence-corrected chi connectivity index (χ4v) is 3.90. The molecule has 3 aromatic carbocycles. The first-order valence-electron chi connectivity index (χ1n) is 10.4. The molecule has 0 spiro atoms. The van der Waals surface area contributed by atoms with Gasteiger partial charge in [0.1, 0.15) is 17.6 Å². The van der Waals surface area contributed by atoms with E-state index in [2.05, 4.69) is 10.6 Å². The van der Waals surface area contributed by atoms with E-state index < -0.39 is 0 Å². The summed E-state index contributed by atoms with van der Waals surface area (Å²) in [7, 11) is 3.57. The third kappa shape index (κ3) is 4.70. The van der Waals surface area contributed by atoms with Crippen LogP contribution in [-0.2, 0) is 11.8 Å².